The quantitative estimate of drug-likeness (QED) is 0.739. The average molecular weight is 292 g/mol. The molecule has 2 N–H and O–H groups in total. The molecule has 2 heterocycles. The summed E-state index contributed by atoms with van der Waals surface area (Å²) in [4.78, 5) is 0. The first-order valence-corrected chi connectivity index (χ1v) is 6.19. The lowest BCUT2D eigenvalue weighted by Crippen LogP contribution is -2.07. The fraction of sp³-hybridized carbons (Fsp3) is 0.143. The SMILES string of the molecule is Nc1cccc(Cc2nnc3ccc(C(F)(F)F)cn23)c1. The van der Waals surface area contributed by atoms with E-state index in [1.165, 1.54) is 10.5 Å². The first kappa shape index (κ1) is 13.4. The second kappa shape index (κ2) is 4.76. The van der Waals surface area contributed by atoms with Crippen molar-refractivity contribution in [3.63, 3.8) is 0 Å². The zero-order valence-electron chi connectivity index (χ0n) is 10.8. The van der Waals surface area contributed by atoms with Gasteiger partial charge in [-0.1, -0.05) is 12.1 Å². The number of alkyl halides is 3. The molecule has 0 saturated carbocycles. The van der Waals surface area contributed by atoms with Gasteiger partial charge in [0.05, 0.1) is 5.56 Å². The van der Waals surface area contributed by atoms with E-state index in [0.717, 1.165) is 17.8 Å². The summed E-state index contributed by atoms with van der Waals surface area (Å²) in [6.07, 6.45) is -3.03. The Bertz CT molecular complexity index is 792. The molecule has 3 aromatic rings. The van der Waals surface area contributed by atoms with E-state index in [1.807, 2.05) is 6.07 Å². The maximum atomic E-state index is 12.8. The molecule has 0 aliphatic heterocycles. The average Bonchev–Trinajstić information content (AvgIpc) is 2.80. The third-order valence-electron chi connectivity index (χ3n) is 3.11. The Morgan fingerprint density at radius 2 is 1.90 bits per heavy atom. The number of nitrogen functional groups attached to an aromatic ring is 1. The molecule has 21 heavy (non-hydrogen) atoms. The van der Waals surface area contributed by atoms with Crippen LogP contribution in [0.15, 0.2) is 42.6 Å². The normalized spacial score (nSPS) is 12.0. The molecule has 2 aromatic heterocycles. The van der Waals surface area contributed by atoms with Gasteiger partial charge >= 0.3 is 6.18 Å². The number of nitrogens with zero attached hydrogens (tertiary/aromatic N) is 3. The summed E-state index contributed by atoms with van der Waals surface area (Å²) in [5.41, 5.74) is 6.79. The smallest absolute Gasteiger partial charge is 0.399 e. The van der Waals surface area contributed by atoms with Gasteiger partial charge in [-0.3, -0.25) is 4.40 Å². The molecule has 0 aliphatic carbocycles. The van der Waals surface area contributed by atoms with E-state index in [9.17, 15) is 13.2 Å². The molecule has 0 radical (unpaired) electrons. The Hall–Kier alpha value is -2.57. The highest BCUT2D eigenvalue weighted by Gasteiger charge is 2.31. The van der Waals surface area contributed by atoms with Crippen LogP contribution in [0.2, 0.25) is 0 Å². The third kappa shape index (κ3) is 2.67. The molecule has 0 unspecified atom stereocenters. The van der Waals surface area contributed by atoms with Gasteiger partial charge in [0.15, 0.2) is 5.65 Å². The number of benzene rings is 1. The first-order chi connectivity index (χ1) is 9.93. The van der Waals surface area contributed by atoms with Crippen molar-refractivity contribution < 1.29 is 13.2 Å². The number of hydrogen-bond donors (Lipinski definition) is 1. The molecule has 0 amide bonds. The Kier molecular flexibility index (Phi) is 3.04. The Morgan fingerprint density at radius 1 is 1.10 bits per heavy atom. The number of hydrogen-bond acceptors (Lipinski definition) is 3. The second-order valence-corrected chi connectivity index (χ2v) is 4.68. The van der Waals surface area contributed by atoms with E-state index >= 15 is 0 Å². The van der Waals surface area contributed by atoms with Crippen LogP contribution in [0.1, 0.15) is 17.0 Å². The van der Waals surface area contributed by atoms with Crippen molar-refractivity contribution in [2.24, 2.45) is 0 Å². The van der Waals surface area contributed by atoms with Crippen molar-refractivity contribution in [3.05, 3.63) is 59.5 Å². The fourth-order valence-electron chi connectivity index (χ4n) is 2.11. The molecule has 4 nitrogen and oxygen atoms in total. The van der Waals surface area contributed by atoms with E-state index < -0.39 is 11.7 Å². The predicted octanol–water partition coefficient (Wildman–Crippen LogP) is 2.92. The molecule has 0 atom stereocenters. The molecular formula is C14H11F3N4. The minimum Gasteiger partial charge on any atom is -0.399 e. The number of aromatic nitrogens is 3. The fourth-order valence-corrected chi connectivity index (χ4v) is 2.11. The van der Waals surface area contributed by atoms with Gasteiger partial charge in [0, 0.05) is 18.3 Å². The molecular weight excluding hydrogens is 281 g/mol. The van der Waals surface area contributed by atoms with Crippen LogP contribution < -0.4 is 5.73 Å². The molecule has 108 valence electrons. The summed E-state index contributed by atoms with van der Waals surface area (Å²) < 4.78 is 39.6. The van der Waals surface area contributed by atoms with E-state index in [0.29, 0.717) is 23.6 Å². The van der Waals surface area contributed by atoms with Crippen LogP contribution in [0.25, 0.3) is 5.65 Å². The minimum atomic E-state index is -4.40. The van der Waals surface area contributed by atoms with Crippen molar-refractivity contribution >= 4 is 11.3 Å². The van der Waals surface area contributed by atoms with Gasteiger partial charge in [-0.2, -0.15) is 13.2 Å². The van der Waals surface area contributed by atoms with Crippen molar-refractivity contribution in [1.82, 2.24) is 14.6 Å². The highest BCUT2D eigenvalue weighted by Crippen LogP contribution is 2.29. The Labute approximate surface area is 118 Å². The molecule has 3 rings (SSSR count). The van der Waals surface area contributed by atoms with E-state index in [4.69, 9.17) is 5.73 Å². The van der Waals surface area contributed by atoms with Gasteiger partial charge in [-0.15, -0.1) is 10.2 Å². The number of halogens is 3. The number of anilines is 1. The molecule has 0 aliphatic rings. The molecule has 0 saturated heterocycles. The lowest BCUT2D eigenvalue weighted by atomic mass is 10.1. The van der Waals surface area contributed by atoms with Crippen molar-refractivity contribution in [2.45, 2.75) is 12.6 Å². The molecule has 0 spiro atoms. The van der Waals surface area contributed by atoms with Crippen LogP contribution in [-0.4, -0.2) is 14.6 Å². The summed E-state index contributed by atoms with van der Waals surface area (Å²) in [6, 6.07) is 9.43. The number of pyridine rings is 1. The van der Waals surface area contributed by atoms with Crippen LogP contribution in [0.3, 0.4) is 0 Å². The predicted molar refractivity (Wildman–Crippen MR) is 71.6 cm³/mol. The van der Waals surface area contributed by atoms with E-state index in [1.54, 1.807) is 18.2 Å². The largest absolute Gasteiger partial charge is 0.417 e. The van der Waals surface area contributed by atoms with Crippen LogP contribution in [0, 0.1) is 0 Å². The van der Waals surface area contributed by atoms with Crippen LogP contribution in [0.4, 0.5) is 18.9 Å². The summed E-state index contributed by atoms with van der Waals surface area (Å²) in [6.45, 7) is 0. The zero-order chi connectivity index (χ0) is 15.0. The van der Waals surface area contributed by atoms with Crippen molar-refractivity contribution in [1.29, 1.82) is 0 Å². The monoisotopic (exact) mass is 292 g/mol. The Balaban J connectivity index is 2.03. The minimum absolute atomic E-state index is 0.355. The molecule has 7 heteroatoms. The van der Waals surface area contributed by atoms with Gasteiger partial charge in [0.1, 0.15) is 5.82 Å². The summed E-state index contributed by atoms with van der Waals surface area (Å²) in [5.74, 6) is 0.432. The lowest BCUT2D eigenvalue weighted by Gasteiger charge is -2.07. The van der Waals surface area contributed by atoms with Crippen LogP contribution >= 0.6 is 0 Å². The highest BCUT2D eigenvalue weighted by molar-refractivity contribution is 5.43. The maximum absolute atomic E-state index is 12.8. The second-order valence-electron chi connectivity index (χ2n) is 4.68. The summed E-state index contributed by atoms with van der Waals surface area (Å²) in [7, 11) is 0. The molecule has 0 bridgehead atoms. The van der Waals surface area contributed by atoms with Gasteiger partial charge < -0.3 is 5.73 Å². The highest BCUT2D eigenvalue weighted by atomic mass is 19.4. The summed E-state index contributed by atoms with van der Waals surface area (Å²) >= 11 is 0. The standard InChI is InChI=1S/C14H11F3N4/c15-14(16,17)10-4-5-12-19-20-13(21(12)8-10)7-9-2-1-3-11(18)6-9/h1-6,8H,7,18H2. The number of fused-ring (bicyclic) bond motifs is 1. The Morgan fingerprint density at radius 3 is 2.62 bits per heavy atom. The van der Waals surface area contributed by atoms with Gasteiger partial charge in [0.2, 0.25) is 0 Å². The van der Waals surface area contributed by atoms with Crippen molar-refractivity contribution in [3.8, 4) is 0 Å². The van der Waals surface area contributed by atoms with E-state index in [2.05, 4.69) is 10.2 Å². The van der Waals surface area contributed by atoms with Gasteiger partial charge in [-0.05, 0) is 29.8 Å². The van der Waals surface area contributed by atoms with E-state index in [-0.39, 0.29) is 0 Å². The first-order valence-electron chi connectivity index (χ1n) is 6.19. The van der Waals surface area contributed by atoms with Gasteiger partial charge in [0.25, 0.3) is 0 Å². The maximum Gasteiger partial charge on any atom is 0.417 e. The van der Waals surface area contributed by atoms with Crippen LogP contribution in [-0.2, 0) is 12.6 Å². The number of rotatable bonds is 2. The molecule has 1 aromatic carbocycles. The van der Waals surface area contributed by atoms with Crippen LogP contribution in [0.5, 0.6) is 0 Å². The zero-order valence-corrected chi connectivity index (χ0v) is 10.8. The van der Waals surface area contributed by atoms with Crippen molar-refractivity contribution in [2.75, 3.05) is 5.73 Å². The topological polar surface area (TPSA) is 56.2 Å². The summed E-state index contributed by atoms with van der Waals surface area (Å²) in [5, 5.41) is 7.82. The van der Waals surface area contributed by atoms with Gasteiger partial charge in [-0.25, -0.2) is 0 Å². The number of nitrogens with two attached hydrogens (primary N) is 1. The lowest BCUT2D eigenvalue weighted by molar-refractivity contribution is -0.137. The molecule has 0 fully saturated rings. The third-order valence-corrected chi connectivity index (χ3v) is 3.11.